The lowest BCUT2D eigenvalue weighted by Gasteiger charge is -2.00. The maximum absolute atomic E-state index is 10.7. The van der Waals surface area contributed by atoms with Gasteiger partial charge in [0.2, 0.25) is 0 Å². The molecule has 0 radical (unpaired) electrons. The normalized spacial score (nSPS) is 22.8. The minimum atomic E-state index is -0.859. The van der Waals surface area contributed by atoms with Gasteiger partial charge < -0.3 is 5.11 Å². The van der Waals surface area contributed by atoms with E-state index >= 15 is 0 Å². The summed E-state index contributed by atoms with van der Waals surface area (Å²) < 4.78 is 0. The molecule has 16 heavy (non-hydrogen) atoms. The number of hydrogen-bond acceptors (Lipinski definition) is 3. The summed E-state index contributed by atoms with van der Waals surface area (Å²) in [5, 5.41) is 19.5. The molecule has 1 aromatic rings. The van der Waals surface area contributed by atoms with Crippen LogP contribution in [0.1, 0.15) is 17.9 Å². The predicted molar refractivity (Wildman–Crippen MR) is 56.6 cm³/mol. The van der Waals surface area contributed by atoms with Crippen LogP contribution in [0.2, 0.25) is 5.02 Å². The molecule has 0 unspecified atom stereocenters. The van der Waals surface area contributed by atoms with E-state index in [0.717, 1.165) is 0 Å². The van der Waals surface area contributed by atoms with E-state index in [4.69, 9.17) is 16.7 Å². The van der Waals surface area contributed by atoms with Crippen molar-refractivity contribution >= 4 is 23.3 Å². The van der Waals surface area contributed by atoms with E-state index in [0.29, 0.717) is 12.0 Å². The molecule has 84 valence electrons. The van der Waals surface area contributed by atoms with Crippen LogP contribution in [-0.4, -0.2) is 16.0 Å². The second kappa shape index (κ2) is 3.75. The molecule has 0 bridgehead atoms. The maximum Gasteiger partial charge on any atom is 0.307 e. The number of nitro groups is 1. The zero-order valence-electron chi connectivity index (χ0n) is 8.09. The smallest absolute Gasteiger partial charge is 0.307 e. The third kappa shape index (κ3) is 1.86. The summed E-state index contributed by atoms with van der Waals surface area (Å²) in [5.41, 5.74) is 0.499. The molecule has 6 heteroatoms. The van der Waals surface area contributed by atoms with Gasteiger partial charge in [-0.15, -0.1) is 0 Å². The highest BCUT2D eigenvalue weighted by Crippen LogP contribution is 2.48. The number of hydrogen-bond donors (Lipinski definition) is 1. The van der Waals surface area contributed by atoms with Crippen LogP contribution in [-0.2, 0) is 4.79 Å². The van der Waals surface area contributed by atoms with Crippen molar-refractivity contribution in [3.63, 3.8) is 0 Å². The van der Waals surface area contributed by atoms with Crippen molar-refractivity contribution in [3.05, 3.63) is 38.9 Å². The molecule has 1 saturated carbocycles. The Morgan fingerprint density at radius 2 is 2.25 bits per heavy atom. The summed E-state index contributed by atoms with van der Waals surface area (Å²) in [4.78, 5) is 20.7. The van der Waals surface area contributed by atoms with Gasteiger partial charge in [0.1, 0.15) is 5.02 Å². The van der Waals surface area contributed by atoms with E-state index in [2.05, 4.69) is 0 Å². The van der Waals surface area contributed by atoms with Crippen LogP contribution in [0.5, 0.6) is 0 Å². The molecule has 1 fully saturated rings. The number of aliphatic carboxylic acids is 1. The van der Waals surface area contributed by atoms with Crippen LogP contribution >= 0.6 is 11.6 Å². The third-order valence-electron chi connectivity index (χ3n) is 2.70. The first kappa shape index (κ1) is 10.9. The van der Waals surface area contributed by atoms with Crippen molar-refractivity contribution in [1.82, 2.24) is 0 Å². The van der Waals surface area contributed by atoms with Gasteiger partial charge in [0.05, 0.1) is 10.8 Å². The number of carbonyl (C=O) groups is 1. The number of nitro benzene ring substituents is 1. The quantitative estimate of drug-likeness (QED) is 0.651. The summed E-state index contributed by atoms with van der Waals surface area (Å²) in [5.74, 6) is -1.39. The van der Waals surface area contributed by atoms with Crippen LogP contribution in [0.3, 0.4) is 0 Å². The summed E-state index contributed by atoms with van der Waals surface area (Å²) in [7, 11) is 0. The molecule has 0 spiro atoms. The molecule has 2 atom stereocenters. The van der Waals surface area contributed by atoms with Gasteiger partial charge in [-0.1, -0.05) is 17.7 Å². The highest BCUT2D eigenvalue weighted by Gasteiger charge is 2.44. The lowest BCUT2D eigenvalue weighted by atomic mass is 10.1. The van der Waals surface area contributed by atoms with E-state index in [1.54, 1.807) is 6.07 Å². The van der Waals surface area contributed by atoms with Crippen molar-refractivity contribution < 1.29 is 14.8 Å². The Balaban J connectivity index is 2.28. The van der Waals surface area contributed by atoms with E-state index < -0.39 is 16.8 Å². The number of carboxylic acid groups (broad SMARTS) is 1. The van der Waals surface area contributed by atoms with E-state index in [1.807, 2.05) is 0 Å². The van der Waals surface area contributed by atoms with Crippen LogP contribution in [0.25, 0.3) is 0 Å². The largest absolute Gasteiger partial charge is 0.481 e. The Kier molecular flexibility index (Phi) is 2.55. The first-order valence-electron chi connectivity index (χ1n) is 4.67. The van der Waals surface area contributed by atoms with E-state index in [-0.39, 0.29) is 16.6 Å². The van der Waals surface area contributed by atoms with Gasteiger partial charge in [-0.3, -0.25) is 14.9 Å². The Labute approximate surface area is 95.8 Å². The lowest BCUT2D eigenvalue weighted by molar-refractivity contribution is -0.384. The fraction of sp³-hybridized carbons (Fsp3) is 0.300. The average Bonchev–Trinajstić information content (AvgIpc) is 2.97. The monoisotopic (exact) mass is 241 g/mol. The fourth-order valence-electron chi connectivity index (χ4n) is 1.74. The molecule has 1 N–H and O–H groups in total. The highest BCUT2D eigenvalue weighted by atomic mass is 35.5. The first-order chi connectivity index (χ1) is 7.50. The topological polar surface area (TPSA) is 80.4 Å². The second-order valence-electron chi connectivity index (χ2n) is 3.75. The van der Waals surface area contributed by atoms with Gasteiger partial charge >= 0.3 is 5.97 Å². The molecule has 5 nitrogen and oxygen atoms in total. The average molecular weight is 242 g/mol. The lowest BCUT2D eigenvalue weighted by Crippen LogP contribution is -1.99. The number of benzene rings is 1. The predicted octanol–water partition coefficient (Wildman–Crippen LogP) is 2.44. The van der Waals surface area contributed by atoms with Crippen molar-refractivity contribution in [2.24, 2.45) is 5.92 Å². The van der Waals surface area contributed by atoms with Crippen LogP contribution in [0.4, 0.5) is 5.69 Å². The van der Waals surface area contributed by atoms with Crippen LogP contribution in [0, 0.1) is 16.0 Å². The van der Waals surface area contributed by atoms with Gasteiger partial charge in [0, 0.05) is 6.07 Å². The molecule has 0 amide bonds. The number of nitrogens with zero attached hydrogens (tertiary/aromatic N) is 1. The molecule has 2 rings (SSSR count). The molecule has 1 aliphatic rings. The molecular formula is C10H8ClNO4. The van der Waals surface area contributed by atoms with Crippen molar-refractivity contribution in [3.8, 4) is 0 Å². The van der Waals surface area contributed by atoms with Gasteiger partial charge in [-0.2, -0.15) is 0 Å². The zero-order chi connectivity index (χ0) is 11.9. The zero-order valence-corrected chi connectivity index (χ0v) is 8.85. The van der Waals surface area contributed by atoms with Crippen molar-refractivity contribution in [2.45, 2.75) is 12.3 Å². The SMILES string of the molecule is O=C(O)[C@@H]1C[C@H]1c1ccc(Cl)c([N+](=O)[O-])c1. The van der Waals surface area contributed by atoms with E-state index in [1.165, 1.54) is 12.1 Å². The number of halogens is 1. The fourth-order valence-corrected chi connectivity index (χ4v) is 1.92. The standard InChI is InChI=1S/C10H8ClNO4/c11-8-2-1-5(3-9(8)12(15)16)6-4-7(6)10(13)14/h1-3,6-7H,4H2,(H,13,14)/t6-,7+/m0/s1. The molecule has 0 saturated heterocycles. The molecule has 1 aromatic carbocycles. The summed E-state index contributed by atoms with van der Waals surface area (Å²) in [6.07, 6.45) is 0.536. The maximum atomic E-state index is 10.7. The number of rotatable bonds is 3. The Bertz CT molecular complexity index is 474. The highest BCUT2D eigenvalue weighted by molar-refractivity contribution is 6.32. The summed E-state index contributed by atoms with van der Waals surface area (Å²) in [6.45, 7) is 0. The number of carboxylic acids is 1. The Hall–Kier alpha value is -1.62. The molecule has 0 heterocycles. The first-order valence-corrected chi connectivity index (χ1v) is 5.05. The van der Waals surface area contributed by atoms with Crippen LogP contribution < -0.4 is 0 Å². The van der Waals surface area contributed by atoms with Crippen LogP contribution in [0.15, 0.2) is 18.2 Å². The molecule has 0 aromatic heterocycles. The molecule has 1 aliphatic carbocycles. The molecule has 0 aliphatic heterocycles. The minimum Gasteiger partial charge on any atom is -0.481 e. The van der Waals surface area contributed by atoms with Crippen molar-refractivity contribution in [2.75, 3.05) is 0 Å². The molecular weight excluding hydrogens is 234 g/mol. The van der Waals surface area contributed by atoms with Gasteiger partial charge in [-0.05, 0) is 24.0 Å². The van der Waals surface area contributed by atoms with Gasteiger partial charge in [-0.25, -0.2) is 0 Å². The Morgan fingerprint density at radius 1 is 1.56 bits per heavy atom. The van der Waals surface area contributed by atoms with Gasteiger partial charge in [0.15, 0.2) is 0 Å². The summed E-state index contributed by atoms with van der Waals surface area (Å²) >= 11 is 5.66. The van der Waals surface area contributed by atoms with Crippen molar-refractivity contribution in [1.29, 1.82) is 0 Å². The third-order valence-corrected chi connectivity index (χ3v) is 3.02. The summed E-state index contributed by atoms with van der Waals surface area (Å²) in [6, 6.07) is 4.44. The van der Waals surface area contributed by atoms with E-state index in [9.17, 15) is 14.9 Å². The van der Waals surface area contributed by atoms with Gasteiger partial charge in [0.25, 0.3) is 5.69 Å². The Morgan fingerprint density at radius 3 is 2.75 bits per heavy atom. The minimum absolute atomic E-state index is 0.0706. The second-order valence-corrected chi connectivity index (χ2v) is 4.16.